The number of sulfonamides is 1. The summed E-state index contributed by atoms with van der Waals surface area (Å²) in [5.74, 6) is 0.0550. The van der Waals surface area contributed by atoms with Gasteiger partial charge in [0.2, 0.25) is 10.0 Å². The highest BCUT2D eigenvalue weighted by Crippen LogP contribution is 2.30. The number of benzene rings is 1. The van der Waals surface area contributed by atoms with E-state index in [1.54, 1.807) is 0 Å². The van der Waals surface area contributed by atoms with Gasteiger partial charge < -0.3 is 5.32 Å². The Balaban J connectivity index is 0.00000312. The molecular weight excluding hydrogens is 377 g/mol. The lowest BCUT2D eigenvalue weighted by Crippen LogP contribution is -2.41. The van der Waals surface area contributed by atoms with Gasteiger partial charge in [0.25, 0.3) is 0 Å². The van der Waals surface area contributed by atoms with Crippen LogP contribution in [0.15, 0.2) is 24.3 Å². The molecule has 0 unspecified atom stereocenters. The van der Waals surface area contributed by atoms with E-state index in [0.717, 1.165) is 38.1 Å². The molecule has 1 saturated heterocycles. The molecule has 25 heavy (non-hydrogen) atoms. The Morgan fingerprint density at radius 3 is 2.44 bits per heavy atom. The van der Waals surface area contributed by atoms with Gasteiger partial charge in [0, 0.05) is 13.1 Å². The van der Waals surface area contributed by atoms with E-state index in [2.05, 4.69) is 5.32 Å². The van der Waals surface area contributed by atoms with Crippen LogP contribution in [0.1, 0.15) is 30.9 Å². The first-order chi connectivity index (χ1) is 11.2. The average molecular weight is 401 g/mol. The van der Waals surface area contributed by atoms with Gasteiger partial charge in [0.05, 0.1) is 11.3 Å². The normalized spacial score (nSPS) is 17.3. The Kier molecular flexibility index (Phi) is 8.18. The molecule has 0 spiro atoms. The topological polar surface area (TPSA) is 49.4 Å². The number of rotatable bonds is 6. The molecule has 0 aliphatic carbocycles. The summed E-state index contributed by atoms with van der Waals surface area (Å²) in [6.07, 6.45) is -2.92. The first-order valence-electron chi connectivity index (χ1n) is 8.07. The van der Waals surface area contributed by atoms with Gasteiger partial charge in [-0.15, -0.1) is 12.4 Å². The van der Waals surface area contributed by atoms with Crippen LogP contribution >= 0.6 is 12.4 Å². The standard InChI is InChI=1S/C16H23F3N2O2S.ClH/c1-2-20-11-13-6-8-21(9-7-13)24(22,23)12-14-4-3-5-15(10-14)16(17,18)19;/h3-5,10,13,20H,2,6-9,11-12H2,1H3;1H. The van der Waals surface area contributed by atoms with Gasteiger partial charge in [-0.05, 0) is 43.5 Å². The molecule has 2 rings (SSSR count). The van der Waals surface area contributed by atoms with E-state index in [0.29, 0.717) is 19.0 Å². The Bertz CT molecular complexity index is 645. The van der Waals surface area contributed by atoms with E-state index in [4.69, 9.17) is 0 Å². The van der Waals surface area contributed by atoms with E-state index in [-0.39, 0.29) is 18.0 Å². The SMILES string of the molecule is CCNCC1CCN(S(=O)(=O)Cc2cccc(C(F)(F)F)c2)CC1.Cl. The molecule has 1 fully saturated rings. The van der Waals surface area contributed by atoms with Crippen LogP contribution in [0.5, 0.6) is 0 Å². The lowest BCUT2D eigenvalue weighted by molar-refractivity contribution is -0.137. The van der Waals surface area contributed by atoms with Crippen molar-refractivity contribution in [3.05, 3.63) is 35.4 Å². The molecule has 1 aromatic carbocycles. The summed E-state index contributed by atoms with van der Waals surface area (Å²) >= 11 is 0. The number of alkyl halides is 3. The van der Waals surface area contributed by atoms with Crippen molar-refractivity contribution in [2.45, 2.75) is 31.7 Å². The van der Waals surface area contributed by atoms with Crippen molar-refractivity contribution in [3.63, 3.8) is 0 Å². The zero-order valence-corrected chi connectivity index (χ0v) is 15.7. The first-order valence-corrected chi connectivity index (χ1v) is 9.68. The number of nitrogens with one attached hydrogen (secondary N) is 1. The zero-order chi connectivity index (χ0) is 17.8. The van der Waals surface area contributed by atoms with Gasteiger partial charge in [0.1, 0.15) is 0 Å². The maximum atomic E-state index is 12.7. The quantitative estimate of drug-likeness (QED) is 0.797. The van der Waals surface area contributed by atoms with Crippen LogP contribution in [0, 0.1) is 5.92 Å². The second kappa shape index (κ2) is 9.21. The van der Waals surface area contributed by atoms with Crippen molar-refractivity contribution >= 4 is 22.4 Å². The van der Waals surface area contributed by atoms with Crippen molar-refractivity contribution in [1.82, 2.24) is 9.62 Å². The maximum Gasteiger partial charge on any atom is 0.416 e. The van der Waals surface area contributed by atoms with Crippen molar-refractivity contribution in [3.8, 4) is 0 Å². The highest BCUT2D eigenvalue weighted by atomic mass is 35.5. The largest absolute Gasteiger partial charge is 0.416 e. The van der Waals surface area contributed by atoms with E-state index in [1.165, 1.54) is 16.4 Å². The summed E-state index contributed by atoms with van der Waals surface area (Å²) in [7, 11) is -3.60. The monoisotopic (exact) mass is 400 g/mol. The fourth-order valence-electron chi connectivity index (χ4n) is 2.88. The molecule has 0 saturated carbocycles. The third-order valence-corrected chi connectivity index (χ3v) is 6.10. The Labute approximate surface area is 153 Å². The number of hydrogen-bond donors (Lipinski definition) is 1. The molecule has 144 valence electrons. The molecule has 0 bridgehead atoms. The fourth-order valence-corrected chi connectivity index (χ4v) is 4.43. The number of piperidine rings is 1. The Morgan fingerprint density at radius 2 is 1.88 bits per heavy atom. The van der Waals surface area contributed by atoms with E-state index in [9.17, 15) is 21.6 Å². The summed E-state index contributed by atoms with van der Waals surface area (Å²) in [5.41, 5.74) is -0.654. The molecule has 0 amide bonds. The molecule has 9 heteroatoms. The summed E-state index contributed by atoms with van der Waals surface area (Å²) in [4.78, 5) is 0. The summed E-state index contributed by atoms with van der Waals surface area (Å²) in [5, 5.41) is 3.26. The van der Waals surface area contributed by atoms with Crippen molar-refractivity contribution < 1.29 is 21.6 Å². The molecule has 0 aromatic heterocycles. The number of nitrogens with zero attached hydrogens (tertiary/aromatic N) is 1. The molecule has 1 N–H and O–H groups in total. The second-order valence-electron chi connectivity index (χ2n) is 6.10. The van der Waals surface area contributed by atoms with Crippen molar-refractivity contribution in [2.24, 2.45) is 5.92 Å². The zero-order valence-electron chi connectivity index (χ0n) is 14.1. The van der Waals surface area contributed by atoms with Crippen LogP contribution in [-0.2, 0) is 22.0 Å². The lowest BCUT2D eigenvalue weighted by atomic mass is 9.98. The minimum atomic E-state index is -4.47. The summed E-state index contributed by atoms with van der Waals surface area (Å²) in [6, 6.07) is 4.53. The fraction of sp³-hybridized carbons (Fsp3) is 0.625. The van der Waals surface area contributed by atoms with Gasteiger partial charge in [-0.1, -0.05) is 25.1 Å². The van der Waals surface area contributed by atoms with E-state index >= 15 is 0 Å². The lowest BCUT2D eigenvalue weighted by Gasteiger charge is -2.31. The molecule has 1 aliphatic heterocycles. The molecular formula is C16H24ClF3N2O2S. The molecule has 4 nitrogen and oxygen atoms in total. The van der Waals surface area contributed by atoms with Crippen LogP contribution in [0.3, 0.4) is 0 Å². The predicted octanol–water partition coefficient (Wildman–Crippen LogP) is 3.28. The molecule has 1 aliphatic rings. The highest BCUT2D eigenvalue weighted by Gasteiger charge is 2.32. The molecule has 1 aromatic rings. The number of halogens is 4. The summed E-state index contributed by atoms with van der Waals surface area (Å²) < 4.78 is 64.5. The third-order valence-electron chi connectivity index (χ3n) is 4.25. The van der Waals surface area contributed by atoms with Crippen LogP contribution in [0.2, 0.25) is 0 Å². The van der Waals surface area contributed by atoms with Crippen molar-refractivity contribution in [1.29, 1.82) is 0 Å². The first kappa shape index (κ1) is 22.2. The van der Waals surface area contributed by atoms with Gasteiger partial charge in [-0.2, -0.15) is 13.2 Å². The summed E-state index contributed by atoms with van der Waals surface area (Å²) in [6.45, 7) is 4.63. The Morgan fingerprint density at radius 1 is 1.24 bits per heavy atom. The van der Waals surface area contributed by atoms with E-state index < -0.39 is 27.5 Å². The third kappa shape index (κ3) is 6.44. The smallest absolute Gasteiger partial charge is 0.317 e. The average Bonchev–Trinajstić information content (AvgIpc) is 2.52. The predicted molar refractivity (Wildman–Crippen MR) is 94.2 cm³/mol. The minimum Gasteiger partial charge on any atom is -0.317 e. The van der Waals surface area contributed by atoms with Crippen LogP contribution in [-0.4, -0.2) is 38.9 Å². The Hall–Kier alpha value is -0.830. The molecule has 0 radical (unpaired) electrons. The van der Waals surface area contributed by atoms with Crippen LogP contribution < -0.4 is 5.32 Å². The highest BCUT2D eigenvalue weighted by molar-refractivity contribution is 7.88. The van der Waals surface area contributed by atoms with Gasteiger partial charge in [0.15, 0.2) is 0 Å². The second-order valence-corrected chi connectivity index (χ2v) is 8.07. The molecule has 1 heterocycles. The minimum absolute atomic E-state index is 0. The van der Waals surface area contributed by atoms with Gasteiger partial charge in [-0.25, -0.2) is 12.7 Å². The maximum absolute atomic E-state index is 12.7. The van der Waals surface area contributed by atoms with Crippen LogP contribution in [0.25, 0.3) is 0 Å². The van der Waals surface area contributed by atoms with E-state index in [1.807, 2.05) is 6.92 Å². The van der Waals surface area contributed by atoms with Gasteiger partial charge >= 0.3 is 6.18 Å². The van der Waals surface area contributed by atoms with Crippen molar-refractivity contribution in [2.75, 3.05) is 26.2 Å². The molecule has 0 atom stereocenters. The van der Waals surface area contributed by atoms with Crippen LogP contribution in [0.4, 0.5) is 13.2 Å². The number of hydrogen-bond acceptors (Lipinski definition) is 3. The van der Waals surface area contributed by atoms with Gasteiger partial charge in [-0.3, -0.25) is 0 Å².